The Morgan fingerprint density at radius 3 is 2.86 bits per heavy atom. The molecule has 1 aromatic heterocycles. The van der Waals surface area contributed by atoms with Crippen LogP contribution in [0.25, 0.3) is 0 Å². The molecule has 0 radical (unpaired) electrons. The van der Waals surface area contributed by atoms with Crippen molar-refractivity contribution in [3.05, 3.63) is 18.5 Å². The normalized spacial score (nSPS) is 20.4. The van der Waals surface area contributed by atoms with E-state index in [2.05, 4.69) is 5.10 Å². The molecular weight excluding hydrogens is 308 g/mol. The summed E-state index contributed by atoms with van der Waals surface area (Å²) in [6.07, 6.45) is 4.53. The molecule has 0 aromatic carbocycles. The fourth-order valence-electron chi connectivity index (χ4n) is 2.60. The average molecular weight is 330 g/mol. The largest absolute Gasteiger partial charge is 0.481 e. The van der Waals surface area contributed by atoms with Crippen LogP contribution < -0.4 is 0 Å². The molecule has 8 nitrogen and oxygen atoms in total. The summed E-state index contributed by atoms with van der Waals surface area (Å²) in [5.41, 5.74) is 0. The van der Waals surface area contributed by atoms with Gasteiger partial charge in [-0.15, -0.1) is 0 Å². The summed E-state index contributed by atoms with van der Waals surface area (Å²) in [5.74, 6) is -1.55. The number of carboxylic acid groups (broad SMARTS) is 1. The van der Waals surface area contributed by atoms with Crippen molar-refractivity contribution >= 4 is 16.2 Å². The summed E-state index contributed by atoms with van der Waals surface area (Å²) >= 11 is 0. The van der Waals surface area contributed by atoms with Gasteiger partial charge in [-0.2, -0.15) is 22.1 Å². The van der Waals surface area contributed by atoms with Crippen molar-refractivity contribution in [2.45, 2.75) is 26.3 Å². The molecule has 9 heteroatoms. The van der Waals surface area contributed by atoms with E-state index in [-0.39, 0.29) is 6.54 Å². The van der Waals surface area contributed by atoms with Gasteiger partial charge in [0.1, 0.15) is 0 Å². The first kappa shape index (κ1) is 16.9. The van der Waals surface area contributed by atoms with Crippen molar-refractivity contribution in [3.63, 3.8) is 0 Å². The second-order valence-corrected chi connectivity index (χ2v) is 7.23. The highest BCUT2D eigenvalue weighted by molar-refractivity contribution is 7.86. The van der Waals surface area contributed by atoms with E-state index >= 15 is 0 Å². The van der Waals surface area contributed by atoms with E-state index in [9.17, 15) is 13.2 Å². The molecule has 0 saturated carbocycles. The van der Waals surface area contributed by atoms with Gasteiger partial charge in [0.2, 0.25) is 0 Å². The number of carbonyl (C=O) groups is 1. The van der Waals surface area contributed by atoms with Crippen molar-refractivity contribution in [3.8, 4) is 0 Å². The van der Waals surface area contributed by atoms with Crippen LogP contribution in [-0.4, -0.2) is 64.1 Å². The van der Waals surface area contributed by atoms with E-state index < -0.39 is 22.1 Å². The first-order chi connectivity index (χ1) is 10.4. The van der Waals surface area contributed by atoms with Crippen LogP contribution in [0, 0.1) is 5.92 Å². The molecule has 1 aliphatic heterocycles. The Kier molecular flexibility index (Phi) is 5.54. The summed E-state index contributed by atoms with van der Waals surface area (Å²) in [6, 6.07) is 1.78. The Bertz CT molecular complexity index is 587. The van der Waals surface area contributed by atoms with Gasteiger partial charge < -0.3 is 5.11 Å². The molecule has 2 rings (SSSR count). The first-order valence-electron chi connectivity index (χ1n) is 7.40. The van der Waals surface area contributed by atoms with Crippen molar-refractivity contribution in [2.75, 3.05) is 26.2 Å². The second-order valence-electron chi connectivity index (χ2n) is 5.30. The SMILES string of the molecule is CCN(CCn1cccn1)S(=O)(=O)N1CCCC(C(=O)O)C1. The van der Waals surface area contributed by atoms with E-state index in [1.807, 2.05) is 0 Å². The minimum atomic E-state index is -3.63. The van der Waals surface area contributed by atoms with Gasteiger partial charge in [-0.05, 0) is 18.9 Å². The molecule has 1 aromatic rings. The minimum absolute atomic E-state index is 0.0515. The van der Waals surface area contributed by atoms with Crippen LogP contribution in [-0.2, 0) is 21.5 Å². The number of hydrogen-bond donors (Lipinski definition) is 1. The van der Waals surface area contributed by atoms with Crippen LogP contribution in [0.2, 0.25) is 0 Å². The molecule has 0 amide bonds. The number of aliphatic carboxylic acids is 1. The third kappa shape index (κ3) is 3.84. The molecule has 2 heterocycles. The summed E-state index contributed by atoms with van der Waals surface area (Å²) in [4.78, 5) is 11.1. The van der Waals surface area contributed by atoms with Gasteiger partial charge in [-0.3, -0.25) is 9.48 Å². The van der Waals surface area contributed by atoms with Crippen molar-refractivity contribution in [2.24, 2.45) is 5.92 Å². The number of piperidine rings is 1. The van der Waals surface area contributed by atoms with E-state index in [0.717, 1.165) is 0 Å². The molecule has 0 spiro atoms. The Morgan fingerprint density at radius 1 is 1.50 bits per heavy atom. The zero-order chi connectivity index (χ0) is 16.2. The zero-order valence-corrected chi connectivity index (χ0v) is 13.4. The molecule has 0 bridgehead atoms. The molecule has 124 valence electrons. The molecule has 1 saturated heterocycles. The molecule has 1 fully saturated rings. The Labute approximate surface area is 130 Å². The predicted octanol–water partition coefficient (Wildman–Crippen LogP) is 0.246. The monoisotopic (exact) mass is 330 g/mol. The molecule has 0 aliphatic carbocycles. The number of aromatic nitrogens is 2. The Morgan fingerprint density at radius 2 is 2.27 bits per heavy atom. The standard InChI is InChI=1S/C13H22N4O4S/c1-2-16(10-9-15-7-4-6-14-15)22(20,21)17-8-3-5-12(11-17)13(18)19/h4,6-7,12H,2-3,5,8-11H2,1H3,(H,18,19). The predicted molar refractivity (Wildman–Crippen MR) is 80.3 cm³/mol. The Balaban J connectivity index is 2.03. The number of nitrogens with zero attached hydrogens (tertiary/aromatic N) is 4. The van der Waals surface area contributed by atoms with Gasteiger partial charge in [0.25, 0.3) is 10.2 Å². The highest BCUT2D eigenvalue weighted by Gasteiger charge is 2.35. The van der Waals surface area contributed by atoms with Gasteiger partial charge in [0.15, 0.2) is 0 Å². The summed E-state index contributed by atoms with van der Waals surface area (Å²) < 4.78 is 29.7. The van der Waals surface area contributed by atoms with Gasteiger partial charge in [-0.25, -0.2) is 0 Å². The topological polar surface area (TPSA) is 95.7 Å². The number of rotatable bonds is 7. The third-order valence-corrected chi connectivity index (χ3v) is 5.95. The maximum atomic E-state index is 12.7. The molecule has 1 N–H and O–H groups in total. The molecule has 1 aliphatic rings. The summed E-state index contributed by atoms with van der Waals surface area (Å²) in [5, 5.41) is 13.2. The maximum Gasteiger partial charge on any atom is 0.307 e. The molecule has 22 heavy (non-hydrogen) atoms. The van der Waals surface area contributed by atoms with E-state index in [1.54, 1.807) is 30.1 Å². The summed E-state index contributed by atoms with van der Waals surface area (Å²) in [6.45, 7) is 3.34. The lowest BCUT2D eigenvalue weighted by Crippen LogP contribution is -2.49. The molecular formula is C13H22N4O4S. The van der Waals surface area contributed by atoms with E-state index in [4.69, 9.17) is 5.11 Å². The van der Waals surface area contributed by atoms with Crippen LogP contribution >= 0.6 is 0 Å². The third-order valence-electron chi connectivity index (χ3n) is 3.88. The lowest BCUT2D eigenvalue weighted by atomic mass is 10.0. The van der Waals surface area contributed by atoms with Gasteiger partial charge in [0.05, 0.1) is 12.5 Å². The number of hydrogen-bond acceptors (Lipinski definition) is 4. The lowest BCUT2D eigenvalue weighted by Gasteiger charge is -2.33. The average Bonchev–Trinajstić information content (AvgIpc) is 3.01. The van der Waals surface area contributed by atoms with Crippen molar-refractivity contribution in [1.82, 2.24) is 18.4 Å². The highest BCUT2D eigenvalue weighted by atomic mass is 32.2. The van der Waals surface area contributed by atoms with Gasteiger partial charge in [-0.1, -0.05) is 6.92 Å². The number of likely N-dealkylation sites (N-methyl/N-ethyl adjacent to an activating group) is 1. The van der Waals surface area contributed by atoms with Crippen molar-refractivity contribution < 1.29 is 18.3 Å². The second kappa shape index (κ2) is 7.21. The lowest BCUT2D eigenvalue weighted by molar-refractivity contribution is -0.142. The fraction of sp³-hybridized carbons (Fsp3) is 0.692. The van der Waals surface area contributed by atoms with Gasteiger partial charge >= 0.3 is 5.97 Å². The highest BCUT2D eigenvalue weighted by Crippen LogP contribution is 2.21. The van der Waals surface area contributed by atoms with Crippen LogP contribution in [0.1, 0.15) is 19.8 Å². The number of carboxylic acids is 1. The first-order valence-corrected chi connectivity index (χ1v) is 8.80. The quantitative estimate of drug-likeness (QED) is 0.773. The van der Waals surface area contributed by atoms with E-state index in [1.165, 1.54) is 8.61 Å². The fourth-order valence-corrected chi connectivity index (χ4v) is 4.29. The van der Waals surface area contributed by atoms with Gasteiger partial charge in [0, 0.05) is 38.6 Å². The minimum Gasteiger partial charge on any atom is -0.481 e. The maximum absolute atomic E-state index is 12.7. The summed E-state index contributed by atoms with van der Waals surface area (Å²) in [7, 11) is -3.63. The van der Waals surface area contributed by atoms with Crippen LogP contribution in [0.15, 0.2) is 18.5 Å². The molecule has 1 unspecified atom stereocenters. The van der Waals surface area contributed by atoms with Crippen LogP contribution in [0.5, 0.6) is 0 Å². The van der Waals surface area contributed by atoms with Crippen molar-refractivity contribution in [1.29, 1.82) is 0 Å². The smallest absolute Gasteiger partial charge is 0.307 e. The Hall–Kier alpha value is -1.45. The van der Waals surface area contributed by atoms with Crippen LogP contribution in [0.3, 0.4) is 0 Å². The van der Waals surface area contributed by atoms with E-state index in [0.29, 0.717) is 39.0 Å². The molecule has 1 atom stereocenters. The van der Waals surface area contributed by atoms with Crippen LogP contribution in [0.4, 0.5) is 0 Å². The zero-order valence-electron chi connectivity index (χ0n) is 12.6.